The van der Waals surface area contributed by atoms with Gasteiger partial charge in [0.15, 0.2) is 0 Å². The van der Waals surface area contributed by atoms with Gasteiger partial charge in [-0.3, -0.25) is 14.5 Å². The topological polar surface area (TPSA) is 58.6 Å². The number of amides is 2. The molecule has 1 N–H and O–H groups in total. The molecule has 0 saturated carbocycles. The van der Waals surface area contributed by atoms with Gasteiger partial charge in [0.2, 0.25) is 11.8 Å². The minimum absolute atomic E-state index is 0.0873. The van der Waals surface area contributed by atoms with E-state index in [-0.39, 0.29) is 31.2 Å². The molecule has 0 aliphatic carbocycles. The van der Waals surface area contributed by atoms with Gasteiger partial charge in [-0.15, -0.1) is 0 Å². The van der Waals surface area contributed by atoms with E-state index < -0.39 is 11.7 Å². The van der Waals surface area contributed by atoms with Crippen molar-refractivity contribution >= 4 is 23.2 Å². The molecule has 1 aliphatic heterocycles. The van der Waals surface area contributed by atoms with Crippen LogP contribution in [0.3, 0.4) is 0 Å². The molecule has 0 fully saturated rings. The highest BCUT2D eigenvalue weighted by atomic mass is 19.1. The number of carbonyl (C=O) groups excluding carboxylic acids is 2. The molecule has 5 nitrogen and oxygen atoms in total. The second-order valence-corrected chi connectivity index (χ2v) is 5.07. The van der Waals surface area contributed by atoms with Gasteiger partial charge in [-0.1, -0.05) is 24.3 Å². The van der Waals surface area contributed by atoms with Gasteiger partial charge >= 0.3 is 0 Å². The van der Waals surface area contributed by atoms with E-state index in [1.165, 1.54) is 23.1 Å². The highest BCUT2D eigenvalue weighted by Gasteiger charge is 2.25. The zero-order chi connectivity index (χ0) is 16.2. The molecular formula is C17H15FN2O3. The third-order valence-electron chi connectivity index (χ3n) is 3.48. The maximum Gasteiger partial charge on any atom is 0.244 e. The Morgan fingerprint density at radius 3 is 2.74 bits per heavy atom. The molecule has 0 unspecified atom stereocenters. The molecule has 1 heterocycles. The first-order valence-corrected chi connectivity index (χ1v) is 7.22. The fraction of sp³-hybridized carbons (Fsp3) is 0.176. The number of carbonyl (C=O) groups is 2. The predicted molar refractivity (Wildman–Crippen MR) is 83.9 cm³/mol. The number of hydrogen-bond donors (Lipinski definition) is 1. The number of anilines is 2. The van der Waals surface area contributed by atoms with Crippen LogP contribution in [0.4, 0.5) is 15.8 Å². The summed E-state index contributed by atoms with van der Waals surface area (Å²) in [4.78, 5) is 25.8. The van der Waals surface area contributed by atoms with Gasteiger partial charge in [-0.05, 0) is 24.3 Å². The number of para-hydroxylation sites is 3. The van der Waals surface area contributed by atoms with Gasteiger partial charge in [-0.25, -0.2) is 4.39 Å². The van der Waals surface area contributed by atoms with Crippen LogP contribution >= 0.6 is 0 Å². The standard InChI is InChI=1S/C17H15FN2O3/c18-12-5-1-2-6-13(12)19-16(21)11-20-14-7-3-4-8-15(14)23-10-9-17(20)22/h1-8H,9-11H2,(H,19,21). The summed E-state index contributed by atoms with van der Waals surface area (Å²) >= 11 is 0. The molecule has 2 aromatic carbocycles. The summed E-state index contributed by atoms with van der Waals surface area (Å²) in [6, 6.07) is 12.9. The van der Waals surface area contributed by atoms with Crippen molar-refractivity contribution in [2.45, 2.75) is 6.42 Å². The van der Waals surface area contributed by atoms with Crippen LogP contribution in [0.2, 0.25) is 0 Å². The first kappa shape index (κ1) is 15.0. The molecular weight excluding hydrogens is 299 g/mol. The van der Waals surface area contributed by atoms with Crippen molar-refractivity contribution in [1.82, 2.24) is 0 Å². The van der Waals surface area contributed by atoms with E-state index in [9.17, 15) is 14.0 Å². The molecule has 0 aromatic heterocycles. The van der Waals surface area contributed by atoms with Crippen molar-refractivity contribution in [2.24, 2.45) is 0 Å². The maximum atomic E-state index is 13.6. The van der Waals surface area contributed by atoms with Gasteiger partial charge in [0.1, 0.15) is 18.1 Å². The van der Waals surface area contributed by atoms with E-state index in [1.807, 2.05) is 0 Å². The Kier molecular flexibility index (Phi) is 4.23. The van der Waals surface area contributed by atoms with E-state index in [2.05, 4.69) is 5.32 Å². The first-order valence-electron chi connectivity index (χ1n) is 7.22. The lowest BCUT2D eigenvalue weighted by Crippen LogP contribution is -2.37. The predicted octanol–water partition coefficient (Wildman–Crippen LogP) is 2.58. The van der Waals surface area contributed by atoms with E-state index in [0.717, 1.165) is 0 Å². The fourth-order valence-corrected chi connectivity index (χ4v) is 2.39. The Morgan fingerprint density at radius 2 is 1.91 bits per heavy atom. The van der Waals surface area contributed by atoms with E-state index in [1.54, 1.807) is 30.3 Å². The van der Waals surface area contributed by atoms with Crippen LogP contribution in [-0.4, -0.2) is 25.0 Å². The van der Waals surface area contributed by atoms with Crippen molar-refractivity contribution in [2.75, 3.05) is 23.4 Å². The zero-order valence-corrected chi connectivity index (χ0v) is 12.3. The number of fused-ring (bicyclic) bond motifs is 1. The van der Waals surface area contributed by atoms with E-state index >= 15 is 0 Å². The Labute approximate surface area is 132 Å². The van der Waals surface area contributed by atoms with Crippen LogP contribution < -0.4 is 15.0 Å². The number of hydrogen-bond acceptors (Lipinski definition) is 3. The number of rotatable bonds is 3. The summed E-state index contributed by atoms with van der Waals surface area (Å²) in [7, 11) is 0. The third-order valence-corrected chi connectivity index (χ3v) is 3.48. The minimum atomic E-state index is -0.522. The van der Waals surface area contributed by atoms with Gasteiger partial charge < -0.3 is 10.1 Å². The van der Waals surface area contributed by atoms with Gasteiger partial charge in [-0.2, -0.15) is 0 Å². The molecule has 0 spiro atoms. The number of benzene rings is 2. The van der Waals surface area contributed by atoms with Crippen molar-refractivity contribution in [3.8, 4) is 5.75 Å². The second-order valence-electron chi connectivity index (χ2n) is 5.07. The molecule has 0 saturated heterocycles. The maximum absolute atomic E-state index is 13.6. The summed E-state index contributed by atoms with van der Waals surface area (Å²) in [5.74, 6) is -0.650. The quantitative estimate of drug-likeness (QED) is 0.947. The van der Waals surface area contributed by atoms with Crippen LogP contribution in [0.25, 0.3) is 0 Å². The van der Waals surface area contributed by atoms with Crippen molar-refractivity contribution in [1.29, 1.82) is 0 Å². The second kappa shape index (κ2) is 6.48. The molecule has 1 aliphatic rings. The lowest BCUT2D eigenvalue weighted by Gasteiger charge is -2.21. The van der Waals surface area contributed by atoms with Crippen LogP contribution in [0, 0.1) is 5.82 Å². The number of ether oxygens (including phenoxy) is 1. The summed E-state index contributed by atoms with van der Waals surface area (Å²) < 4.78 is 19.1. The van der Waals surface area contributed by atoms with E-state index in [0.29, 0.717) is 11.4 Å². The van der Waals surface area contributed by atoms with Crippen LogP contribution in [0.5, 0.6) is 5.75 Å². The average molecular weight is 314 g/mol. The van der Waals surface area contributed by atoms with Crippen molar-refractivity contribution in [3.05, 3.63) is 54.3 Å². The first-order chi connectivity index (χ1) is 11.1. The monoisotopic (exact) mass is 314 g/mol. The van der Waals surface area contributed by atoms with Crippen LogP contribution in [-0.2, 0) is 9.59 Å². The van der Waals surface area contributed by atoms with Gasteiger partial charge in [0.05, 0.1) is 24.4 Å². The lowest BCUT2D eigenvalue weighted by atomic mass is 10.2. The molecule has 0 atom stereocenters. The molecule has 118 valence electrons. The Balaban J connectivity index is 1.79. The Hall–Kier alpha value is -2.89. The van der Waals surface area contributed by atoms with E-state index in [4.69, 9.17) is 4.74 Å². The molecule has 6 heteroatoms. The van der Waals surface area contributed by atoms with Crippen LogP contribution in [0.15, 0.2) is 48.5 Å². The average Bonchev–Trinajstić information content (AvgIpc) is 2.70. The number of nitrogens with one attached hydrogen (secondary N) is 1. The van der Waals surface area contributed by atoms with Gasteiger partial charge in [0.25, 0.3) is 0 Å². The largest absolute Gasteiger partial charge is 0.491 e. The lowest BCUT2D eigenvalue weighted by molar-refractivity contribution is -0.121. The number of halogens is 1. The SMILES string of the molecule is O=C(CN1C(=O)CCOc2ccccc21)Nc1ccccc1F. The normalized spacial score (nSPS) is 13.8. The third kappa shape index (κ3) is 3.31. The number of nitrogens with zero attached hydrogens (tertiary/aromatic N) is 1. The molecule has 0 bridgehead atoms. The minimum Gasteiger partial charge on any atom is -0.491 e. The smallest absolute Gasteiger partial charge is 0.244 e. The molecule has 2 amide bonds. The summed E-state index contributed by atoms with van der Waals surface area (Å²) in [5, 5.41) is 2.48. The summed E-state index contributed by atoms with van der Waals surface area (Å²) in [5.41, 5.74) is 0.628. The summed E-state index contributed by atoms with van der Waals surface area (Å²) in [6.07, 6.45) is 0.182. The van der Waals surface area contributed by atoms with Crippen molar-refractivity contribution < 1.29 is 18.7 Å². The molecule has 3 rings (SSSR count). The fourth-order valence-electron chi connectivity index (χ4n) is 2.39. The zero-order valence-electron chi connectivity index (χ0n) is 12.3. The molecule has 23 heavy (non-hydrogen) atoms. The Morgan fingerprint density at radius 1 is 1.17 bits per heavy atom. The Bertz CT molecular complexity index is 748. The summed E-state index contributed by atoms with van der Waals surface area (Å²) in [6.45, 7) is 0.0643. The van der Waals surface area contributed by atoms with Gasteiger partial charge in [0, 0.05) is 0 Å². The van der Waals surface area contributed by atoms with Crippen molar-refractivity contribution in [3.63, 3.8) is 0 Å². The molecule has 2 aromatic rings. The van der Waals surface area contributed by atoms with Crippen LogP contribution in [0.1, 0.15) is 6.42 Å². The highest BCUT2D eigenvalue weighted by Crippen LogP contribution is 2.30. The molecule has 0 radical (unpaired) electrons. The highest BCUT2D eigenvalue weighted by molar-refractivity contribution is 6.03.